The van der Waals surface area contributed by atoms with Crippen LogP contribution in [0.2, 0.25) is 5.02 Å². The Morgan fingerprint density at radius 3 is 3.09 bits per heavy atom. The molecule has 1 aliphatic rings. The maximum Gasteiger partial charge on any atom is 0.233 e. The lowest BCUT2D eigenvalue weighted by molar-refractivity contribution is -0.120. The summed E-state index contributed by atoms with van der Waals surface area (Å²) in [7, 11) is 1.72. The Morgan fingerprint density at radius 2 is 2.36 bits per heavy atom. The molecule has 3 N–H and O–H groups in total. The minimum Gasteiger partial charge on any atom is -0.372 e. The van der Waals surface area contributed by atoms with Gasteiger partial charge in [0.2, 0.25) is 5.91 Å². The van der Waals surface area contributed by atoms with Crippen molar-refractivity contribution in [2.45, 2.75) is 6.10 Å². The third kappa shape index (κ3) is 4.64. The van der Waals surface area contributed by atoms with Crippen LogP contribution in [0, 0.1) is 11.7 Å². The molecule has 0 aliphatic carbocycles. The minimum absolute atomic E-state index is 0.0175. The van der Waals surface area contributed by atoms with Gasteiger partial charge in [-0.05, 0) is 24.7 Å². The fourth-order valence-electron chi connectivity index (χ4n) is 2.49. The number of amides is 1. The minimum atomic E-state index is -0.460. The third-order valence-corrected chi connectivity index (χ3v) is 3.89. The first-order chi connectivity index (χ1) is 10.6. The van der Waals surface area contributed by atoms with Gasteiger partial charge in [-0.2, -0.15) is 0 Å². The molecule has 1 aromatic carbocycles. The monoisotopic (exact) mass is 329 g/mol. The molecule has 22 heavy (non-hydrogen) atoms. The fraction of sp³-hybridized carbons (Fsp3) is 0.533. The molecule has 7 heteroatoms. The molecule has 1 aliphatic heterocycles. The molecule has 122 valence electrons. The number of carbonyl (C=O) groups excluding carboxylic acids is 1. The van der Waals surface area contributed by atoms with Gasteiger partial charge in [0.25, 0.3) is 0 Å². The fourth-order valence-corrected chi connectivity index (χ4v) is 2.61. The second kappa shape index (κ2) is 8.43. The molecule has 1 amide bonds. The van der Waals surface area contributed by atoms with Crippen molar-refractivity contribution >= 4 is 17.5 Å². The number of halogens is 2. The zero-order chi connectivity index (χ0) is 15.9. The van der Waals surface area contributed by atoms with E-state index in [4.69, 9.17) is 16.3 Å². The number of likely N-dealkylation sites (N-methyl/N-ethyl adjacent to an activating group) is 1. The summed E-state index contributed by atoms with van der Waals surface area (Å²) in [6.45, 7) is 2.68. The SMILES string of the molecule is CNCC(=O)NC[C@@H]1CNCCO[C@H]1c1ccc(Cl)c(F)c1. The van der Waals surface area contributed by atoms with Crippen molar-refractivity contribution in [3.63, 3.8) is 0 Å². The van der Waals surface area contributed by atoms with E-state index in [1.54, 1.807) is 13.1 Å². The topological polar surface area (TPSA) is 62.4 Å². The molecule has 0 aromatic heterocycles. The van der Waals surface area contributed by atoms with Crippen LogP contribution >= 0.6 is 11.6 Å². The number of ether oxygens (including phenoxy) is 1. The molecule has 2 atom stereocenters. The standard InChI is InChI=1S/C15H21ClFN3O2/c1-18-9-14(21)20-8-11-7-19-4-5-22-15(11)10-2-3-12(16)13(17)6-10/h2-3,6,11,15,18-19H,4-5,7-9H2,1H3,(H,20,21)/t11-,15-/m0/s1. The highest BCUT2D eigenvalue weighted by molar-refractivity contribution is 6.30. The molecule has 1 heterocycles. The van der Waals surface area contributed by atoms with E-state index in [1.807, 2.05) is 0 Å². The molecule has 2 rings (SSSR count). The number of rotatable bonds is 5. The first-order valence-corrected chi connectivity index (χ1v) is 7.68. The zero-order valence-electron chi connectivity index (χ0n) is 12.5. The summed E-state index contributed by atoms with van der Waals surface area (Å²) in [4.78, 5) is 11.6. The van der Waals surface area contributed by atoms with Gasteiger partial charge in [0.05, 0.1) is 24.3 Å². The molecule has 1 saturated heterocycles. The van der Waals surface area contributed by atoms with Crippen molar-refractivity contribution in [3.05, 3.63) is 34.6 Å². The van der Waals surface area contributed by atoms with Crippen LogP contribution in [-0.4, -0.2) is 45.7 Å². The Hall–Kier alpha value is -1.21. The van der Waals surface area contributed by atoms with Crippen LogP contribution in [0.5, 0.6) is 0 Å². The highest BCUT2D eigenvalue weighted by Gasteiger charge is 2.27. The second-order valence-corrected chi connectivity index (χ2v) is 5.67. The lowest BCUT2D eigenvalue weighted by Crippen LogP contribution is -2.39. The summed E-state index contributed by atoms with van der Waals surface area (Å²) < 4.78 is 19.5. The van der Waals surface area contributed by atoms with Gasteiger partial charge in [-0.15, -0.1) is 0 Å². The lowest BCUT2D eigenvalue weighted by Gasteiger charge is -2.25. The highest BCUT2D eigenvalue weighted by Crippen LogP contribution is 2.29. The van der Waals surface area contributed by atoms with Crippen LogP contribution in [0.1, 0.15) is 11.7 Å². The lowest BCUT2D eigenvalue weighted by atomic mass is 9.95. The van der Waals surface area contributed by atoms with Gasteiger partial charge < -0.3 is 20.7 Å². The van der Waals surface area contributed by atoms with E-state index in [9.17, 15) is 9.18 Å². The van der Waals surface area contributed by atoms with Crippen LogP contribution in [-0.2, 0) is 9.53 Å². The van der Waals surface area contributed by atoms with E-state index in [0.717, 1.165) is 12.1 Å². The molecule has 0 spiro atoms. The highest BCUT2D eigenvalue weighted by atomic mass is 35.5. The predicted molar refractivity (Wildman–Crippen MR) is 83.4 cm³/mol. The number of benzene rings is 1. The van der Waals surface area contributed by atoms with E-state index >= 15 is 0 Å². The van der Waals surface area contributed by atoms with Crippen molar-refractivity contribution in [2.24, 2.45) is 5.92 Å². The molecule has 1 aromatic rings. The second-order valence-electron chi connectivity index (χ2n) is 5.26. The Labute approximate surface area is 134 Å². The Bertz CT molecular complexity index is 516. The van der Waals surface area contributed by atoms with Gasteiger partial charge in [0.1, 0.15) is 5.82 Å². The van der Waals surface area contributed by atoms with Crippen LogP contribution < -0.4 is 16.0 Å². The molecular formula is C15H21ClFN3O2. The van der Waals surface area contributed by atoms with E-state index < -0.39 is 5.82 Å². The Morgan fingerprint density at radius 1 is 1.55 bits per heavy atom. The number of hydrogen-bond donors (Lipinski definition) is 3. The van der Waals surface area contributed by atoms with Crippen molar-refractivity contribution in [3.8, 4) is 0 Å². The average Bonchev–Trinajstić information content (AvgIpc) is 2.74. The molecular weight excluding hydrogens is 309 g/mol. The first-order valence-electron chi connectivity index (χ1n) is 7.30. The average molecular weight is 330 g/mol. The van der Waals surface area contributed by atoms with Gasteiger partial charge in [-0.25, -0.2) is 4.39 Å². The third-order valence-electron chi connectivity index (χ3n) is 3.58. The molecule has 1 fully saturated rings. The van der Waals surface area contributed by atoms with E-state index in [0.29, 0.717) is 19.7 Å². The summed E-state index contributed by atoms with van der Waals surface area (Å²) in [5.41, 5.74) is 0.735. The molecule has 0 bridgehead atoms. The first kappa shape index (κ1) is 17.1. The van der Waals surface area contributed by atoms with Gasteiger partial charge in [-0.3, -0.25) is 4.79 Å². The van der Waals surface area contributed by atoms with E-state index in [2.05, 4.69) is 16.0 Å². The van der Waals surface area contributed by atoms with Gasteiger partial charge >= 0.3 is 0 Å². The summed E-state index contributed by atoms with van der Waals surface area (Å²) in [5.74, 6) is -0.519. The van der Waals surface area contributed by atoms with Crippen LogP contribution in [0.15, 0.2) is 18.2 Å². The largest absolute Gasteiger partial charge is 0.372 e. The van der Waals surface area contributed by atoms with Crippen LogP contribution in [0.3, 0.4) is 0 Å². The summed E-state index contributed by atoms with van der Waals surface area (Å²) in [6.07, 6.45) is -0.281. The maximum absolute atomic E-state index is 13.7. The zero-order valence-corrected chi connectivity index (χ0v) is 13.3. The van der Waals surface area contributed by atoms with Crippen LogP contribution in [0.25, 0.3) is 0 Å². The van der Waals surface area contributed by atoms with E-state index in [1.165, 1.54) is 12.1 Å². The van der Waals surface area contributed by atoms with Crippen molar-refractivity contribution in [1.82, 2.24) is 16.0 Å². The predicted octanol–water partition coefficient (Wildman–Crippen LogP) is 1.09. The van der Waals surface area contributed by atoms with Gasteiger partial charge in [0, 0.05) is 25.6 Å². The molecule has 5 nitrogen and oxygen atoms in total. The number of carbonyl (C=O) groups is 1. The summed E-state index contributed by atoms with van der Waals surface area (Å²) in [6, 6.07) is 4.70. The van der Waals surface area contributed by atoms with Crippen molar-refractivity contribution in [1.29, 1.82) is 0 Å². The van der Waals surface area contributed by atoms with Crippen molar-refractivity contribution in [2.75, 3.05) is 39.8 Å². The van der Waals surface area contributed by atoms with Crippen molar-refractivity contribution < 1.29 is 13.9 Å². The van der Waals surface area contributed by atoms with Gasteiger partial charge in [-0.1, -0.05) is 17.7 Å². The summed E-state index contributed by atoms with van der Waals surface area (Å²) in [5, 5.41) is 9.03. The normalized spacial score (nSPS) is 22.1. The molecule has 0 unspecified atom stereocenters. The van der Waals surface area contributed by atoms with Crippen LogP contribution in [0.4, 0.5) is 4.39 Å². The molecule has 0 radical (unpaired) electrons. The number of hydrogen-bond acceptors (Lipinski definition) is 4. The van der Waals surface area contributed by atoms with E-state index in [-0.39, 0.29) is 29.5 Å². The Balaban J connectivity index is 2.09. The maximum atomic E-state index is 13.7. The quantitative estimate of drug-likeness (QED) is 0.757. The number of nitrogens with one attached hydrogen (secondary N) is 3. The smallest absolute Gasteiger partial charge is 0.233 e. The molecule has 0 saturated carbocycles. The van der Waals surface area contributed by atoms with Gasteiger partial charge in [0.15, 0.2) is 0 Å². The Kier molecular flexibility index (Phi) is 6.57. The summed E-state index contributed by atoms with van der Waals surface area (Å²) >= 11 is 5.73.